The highest BCUT2D eigenvalue weighted by Crippen LogP contribution is 2.23. The van der Waals surface area contributed by atoms with E-state index in [4.69, 9.17) is 0 Å². The molecule has 1 aliphatic carbocycles. The Kier molecular flexibility index (Phi) is 4.65. The minimum atomic E-state index is -0.964. The molecule has 0 aliphatic heterocycles. The third-order valence-electron chi connectivity index (χ3n) is 3.45. The van der Waals surface area contributed by atoms with E-state index in [-0.39, 0.29) is 17.4 Å². The second-order valence-electron chi connectivity index (χ2n) is 4.90. The van der Waals surface area contributed by atoms with Crippen LogP contribution in [0.4, 0.5) is 8.78 Å². The number of hydrogen-bond donors (Lipinski definition) is 2. The summed E-state index contributed by atoms with van der Waals surface area (Å²) < 4.78 is 26.1. The number of carbonyl (C=O) groups is 2. The SMILES string of the molecule is O=C(NNC(=O)C1CCCCC1)c1ccc(F)cc1F. The molecule has 2 amide bonds. The minimum absolute atomic E-state index is 0.109. The van der Waals surface area contributed by atoms with Gasteiger partial charge in [-0.2, -0.15) is 0 Å². The van der Waals surface area contributed by atoms with Crippen LogP contribution in [0.2, 0.25) is 0 Å². The first-order chi connectivity index (χ1) is 9.58. The zero-order valence-corrected chi connectivity index (χ0v) is 10.9. The van der Waals surface area contributed by atoms with E-state index in [1.54, 1.807) is 0 Å². The smallest absolute Gasteiger partial charge is 0.272 e. The molecule has 108 valence electrons. The topological polar surface area (TPSA) is 58.2 Å². The second kappa shape index (κ2) is 6.45. The van der Waals surface area contributed by atoms with Crippen LogP contribution in [0.5, 0.6) is 0 Å². The lowest BCUT2D eigenvalue weighted by Crippen LogP contribution is -2.45. The van der Waals surface area contributed by atoms with E-state index < -0.39 is 17.5 Å². The van der Waals surface area contributed by atoms with Crippen molar-refractivity contribution in [3.8, 4) is 0 Å². The van der Waals surface area contributed by atoms with Gasteiger partial charge in [0, 0.05) is 12.0 Å². The second-order valence-corrected chi connectivity index (χ2v) is 4.90. The van der Waals surface area contributed by atoms with Crippen molar-refractivity contribution in [2.45, 2.75) is 32.1 Å². The fourth-order valence-corrected chi connectivity index (χ4v) is 2.33. The maximum absolute atomic E-state index is 13.4. The highest BCUT2D eigenvalue weighted by atomic mass is 19.1. The molecular weight excluding hydrogens is 266 g/mol. The lowest BCUT2D eigenvalue weighted by Gasteiger charge is -2.20. The van der Waals surface area contributed by atoms with Crippen molar-refractivity contribution in [3.63, 3.8) is 0 Å². The van der Waals surface area contributed by atoms with Crippen LogP contribution in [0.15, 0.2) is 18.2 Å². The highest BCUT2D eigenvalue weighted by molar-refractivity contribution is 5.95. The molecule has 1 fully saturated rings. The lowest BCUT2D eigenvalue weighted by atomic mass is 9.89. The fourth-order valence-electron chi connectivity index (χ4n) is 2.33. The first kappa shape index (κ1) is 14.4. The van der Waals surface area contributed by atoms with E-state index in [1.807, 2.05) is 0 Å². The number of benzene rings is 1. The Hall–Kier alpha value is -1.98. The maximum Gasteiger partial charge on any atom is 0.272 e. The summed E-state index contributed by atoms with van der Waals surface area (Å²) in [4.78, 5) is 23.5. The van der Waals surface area contributed by atoms with E-state index >= 15 is 0 Å². The molecule has 0 bridgehead atoms. The van der Waals surface area contributed by atoms with Crippen LogP contribution in [-0.2, 0) is 4.79 Å². The van der Waals surface area contributed by atoms with Gasteiger partial charge in [0.15, 0.2) is 0 Å². The van der Waals surface area contributed by atoms with Gasteiger partial charge in [-0.1, -0.05) is 19.3 Å². The van der Waals surface area contributed by atoms with Gasteiger partial charge in [0.05, 0.1) is 5.56 Å². The van der Waals surface area contributed by atoms with Crippen molar-refractivity contribution in [2.24, 2.45) is 5.92 Å². The van der Waals surface area contributed by atoms with E-state index in [2.05, 4.69) is 10.9 Å². The van der Waals surface area contributed by atoms with E-state index in [0.717, 1.165) is 44.2 Å². The van der Waals surface area contributed by atoms with Gasteiger partial charge in [-0.05, 0) is 25.0 Å². The molecule has 1 saturated carbocycles. The molecule has 0 saturated heterocycles. The van der Waals surface area contributed by atoms with Crippen molar-refractivity contribution < 1.29 is 18.4 Å². The number of amides is 2. The monoisotopic (exact) mass is 282 g/mol. The van der Waals surface area contributed by atoms with Gasteiger partial charge in [0.2, 0.25) is 5.91 Å². The van der Waals surface area contributed by atoms with E-state index in [0.29, 0.717) is 6.07 Å². The predicted octanol–water partition coefficient (Wildman–Crippen LogP) is 2.31. The first-order valence-electron chi connectivity index (χ1n) is 6.63. The summed E-state index contributed by atoms with van der Waals surface area (Å²) in [5.41, 5.74) is 4.14. The van der Waals surface area contributed by atoms with Gasteiger partial charge < -0.3 is 0 Å². The van der Waals surface area contributed by atoms with E-state index in [1.165, 1.54) is 0 Å². The summed E-state index contributed by atoms with van der Waals surface area (Å²) in [6.45, 7) is 0. The summed E-state index contributed by atoms with van der Waals surface area (Å²) >= 11 is 0. The molecule has 4 nitrogen and oxygen atoms in total. The van der Waals surface area contributed by atoms with Gasteiger partial charge in [0.25, 0.3) is 5.91 Å². The highest BCUT2D eigenvalue weighted by Gasteiger charge is 2.21. The number of halogens is 2. The molecule has 0 aromatic heterocycles. The van der Waals surface area contributed by atoms with E-state index in [9.17, 15) is 18.4 Å². The molecule has 0 unspecified atom stereocenters. The molecular formula is C14H16F2N2O2. The number of rotatable bonds is 2. The van der Waals surface area contributed by atoms with Gasteiger partial charge in [-0.25, -0.2) is 8.78 Å². The Bertz CT molecular complexity index is 514. The van der Waals surface area contributed by atoms with Crippen LogP contribution in [-0.4, -0.2) is 11.8 Å². The fraction of sp³-hybridized carbons (Fsp3) is 0.429. The van der Waals surface area contributed by atoms with Crippen molar-refractivity contribution >= 4 is 11.8 Å². The van der Waals surface area contributed by atoms with Crippen LogP contribution in [0.1, 0.15) is 42.5 Å². The first-order valence-corrected chi connectivity index (χ1v) is 6.63. The molecule has 1 aromatic carbocycles. The Labute approximate surface area is 115 Å². The Morgan fingerprint density at radius 1 is 1.05 bits per heavy atom. The van der Waals surface area contributed by atoms with Crippen LogP contribution in [0.25, 0.3) is 0 Å². The average molecular weight is 282 g/mol. The van der Waals surface area contributed by atoms with Gasteiger partial charge in [-0.3, -0.25) is 20.4 Å². The number of hydrazine groups is 1. The van der Waals surface area contributed by atoms with Crippen LogP contribution >= 0.6 is 0 Å². The van der Waals surface area contributed by atoms with Crippen LogP contribution in [0, 0.1) is 17.6 Å². The predicted molar refractivity (Wildman–Crippen MR) is 68.5 cm³/mol. The number of carbonyl (C=O) groups excluding carboxylic acids is 2. The lowest BCUT2D eigenvalue weighted by molar-refractivity contribution is -0.126. The van der Waals surface area contributed by atoms with Crippen molar-refractivity contribution in [1.29, 1.82) is 0 Å². The minimum Gasteiger partial charge on any atom is -0.273 e. The number of nitrogens with one attached hydrogen (secondary N) is 2. The maximum atomic E-state index is 13.4. The summed E-state index contributed by atoms with van der Waals surface area (Å²) in [5.74, 6) is -2.89. The zero-order valence-electron chi connectivity index (χ0n) is 10.9. The van der Waals surface area contributed by atoms with Crippen LogP contribution in [0.3, 0.4) is 0 Å². The molecule has 2 N–H and O–H groups in total. The molecule has 2 rings (SSSR count). The molecule has 0 heterocycles. The molecule has 1 aliphatic rings. The summed E-state index contributed by atoms with van der Waals surface area (Å²) in [6, 6.07) is 2.64. The van der Waals surface area contributed by atoms with Gasteiger partial charge >= 0.3 is 0 Å². The quantitative estimate of drug-likeness (QED) is 0.818. The number of hydrogen-bond acceptors (Lipinski definition) is 2. The standard InChI is InChI=1S/C14H16F2N2O2/c15-10-6-7-11(12(16)8-10)14(20)18-17-13(19)9-4-2-1-3-5-9/h6-9H,1-5H2,(H,17,19)(H,18,20). The summed E-state index contributed by atoms with van der Waals surface area (Å²) in [7, 11) is 0. The van der Waals surface area contributed by atoms with Gasteiger partial charge in [-0.15, -0.1) is 0 Å². The van der Waals surface area contributed by atoms with Crippen molar-refractivity contribution in [3.05, 3.63) is 35.4 Å². The summed E-state index contributed by atoms with van der Waals surface area (Å²) in [6.07, 6.45) is 4.72. The third-order valence-corrected chi connectivity index (χ3v) is 3.45. The van der Waals surface area contributed by atoms with Gasteiger partial charge in [0.1, 0.15) is 11.6 Å². The Morgan fingerprint density at radius 3 is 2.40 bits per heavy atom. The molecule has 0 atom stereocenters. The Balaban J connectivity index is 1.89. The average Bonchev–Trinajstić information content (AvgIpc) is 2.45. The molecule has 6 heteroatoms. The summed E-state index contributed by atoms with van der Waals surface area (Å²) in [5, 5.41) is 0. The third kappa shape index (κ3) is 3.53. The Morgan fingerprint density at radius 2 is 1.75 bits per heavy atom. The molecule has 0 radical (unpaired) electrons. The normalized spacial score (nSPS) is 15.7. The van der Waals surface area contributed by atoms with Crippen LogP contribution < -0.4 is 10.9 Å². The largest absolute Gasteiger partial charge is 0.273 e. The molecule has 20 heavy (non-hydrogen) atoms. The van der Waals surface area contributed by atoms with Crippen molar-refractivity contribution in [1.82, 2.24) is 10.9 Å². The molecule has 1 aromatic rings. The zero-order chi connectivity index (χ0) is 14.5. The molecule has 0 spiro atoms. The van der Waals surface area contributed by atoms with Crippen molar-refractivity contribution in [2.75, 3.05) is 0 Å².